The van der Waals surface area contributed by atoms with Crippen LogP contribution in [0.25, 0.3) is 28.0 Å². The van der Waals surface area contributed by atoms with Crippen molar-refractivity contribution in [3.8, 4) is 22.4 Å². The van der Waals surface area contributed by atoms with E-state index in [1.165, 1.54) is 30.9 Å². The van der Waals surface area contributed by atoms with Crippen LogP contribution in [0.15, 0.2) is 85.2 Å². The Morgan fingerprint density at radius 1 is 0.742 bits per heavy atom. The van der Waals surface area contributed by atoms with Gasteiger partial charge in [-0.25, -0.2) is 19.6 Å². The highest BCUT2D eigenvalue weighted by Crippen LogP contribution is 2.37. The Hall–Kier alpha value is -5.74. The summed E-state index contributed by atoms with van der Waals surface area (Å²) in [4.78, 5) is 72.2. The highest BCUT2D eigenvalue weighted by atomic mass is 32.2. The number of allylic oxidation sites excluding steroid dienone is 4. The largest absolute Gasteiger partial charge is 0.453 e. The molecule has 2 aromatic carbocycles. The Morgan fingerprint density at radius 3 is 1.85 bits per heavy atom. The van der Waals surface area contributed by atoms with E-state index in [-0.39, 0.29) is 23.9 Å². The summed E-state index contributed by atoms with van der Waals surface area (Å²) in [7, 11) is 2.61. The molecule has 4 aromatic rings. The van der Waals surface area contributed by atoms with Gasteiger partial charge in [0.25, 0.3) is 0 Å². The first kappa shape index (κ1) is 48.2. The quantitative estimate of drug-likeness (QED) is 0.0902. The summed E-state index contributed by atoms with van der Waals surface area (Å²) in [5.74, 6) is 2.66. The average Bonchev–Trinajstić information content (AvgIpc) is 4.19. The molecule has 350 valence electrons. The Labute approximate surface area is 396 Å². The minimum atomic E-state index is -0.676. The Kier molecular flexibility index (Phi) is 16.5. The van der Waals surface area contributed by atoms with E-state index in [1.807, 2.05) is 34.7 Å². The molecule has 4 aliphatic rings. The first-order valence-electron chi connectivity index (χ1n) is 22.7. The highest BCUT2D eigenvalue weighted by molar-refractivity contribution is 7.98. The van der Waals surface area contributed by atoms with Crippen LogP contribution in [0.4, 0.5) is 9.59 Å². The fourth-order valence-corrected chi connectivity index (χ4v) is 10.1. The van der Waals surface area contributed by atoms with E-state index in [0.29, 0.717) is 25.9 Å². The summed E-state index contributed by atoms with van der Waals surface area (Å²) < 4.78 is 9.64. The second-order valence-corrected chi connectivity index (χ2v) is 19.0. The zero-order chi connectivity index (χ0) is 46.7. The molecule has 4 atom stereocenters. The number of nitrogens with one attached hydrogen (secondary N) is 4. The maximum absolute atomic E-state index is 13.8. The summed E-state index contributed by atoms with van der Waals surface area (Å²) in [5.41, 5.74) is 10.2. The lowest BCUT2D eigenvalue weighted by Crippen LogP contribution is -2.48. The highest BCUT2D eigenvalue weighted by Gasteiger charge is 2.38. The summed E-state index contributed by atoms with van der Waals surface area (Å²) in [5, 5.41) is 5.48. The van der Waals surface area contributed by atoms with Crippen LogP contribution in [0.3, 0.4) is 0 Å². The molecule has 2 fully saturated rings. The van der Waals surface area contributed by atoms with Crippen molar-refractivity contribution in [1.82, 2.24) is 40.4 Å². The third-order valence-corrected chi connectivity index (χ3v) is 14.1. The van der Waals surface area contributed by atoms with Gasteiger partial charge in [0, 0.05) is 36.6 Å². The van der Waals surface area contributed by atoms with Gasteiger partial charge >= 0.3 is 12.2 Å². The number of H-pyrrole nitrogens is 2. The molecule has 0 unspecified atom stereocenters. The van der Waals surface area contributed by atoms with E-state index in [1.54, 1.807) is 23.5 Å². The molecule has 0 saturated carbocycles. The number of methoxy groups -OCH3 is 2. The maximum Gasteiger partial charge on any atom is 0.407 e. The molecule has 0 radical (unpaired) electrons. The van der Waals surface area contributed by atoms with Gasteiger partial charge in [-0.2, -0.15) is 23.5 Å². The molecule has 4 heterocycles. The fourth-order valence-electron chi connectivity index (χ4n) is 9.16. The van der Waals surface area contributed by atoms with Crippen LogP contribution >= 0.6 is 23.5 Å². The molecule has 0 spiro atoms. The van der Waals surface area contributed by atoms with Crippen molar-refractivity contribution in [3.63, 3.8) is 0 Å². The molecular weight excluding hydrogens is 873 g/mol. The van der Waals surface area contributed by atoms with Crippen molar-refractivity contribution in [2.24, 2.45) is 0 Å². The van der Waals surface area contributed by atoms with Crippen LogP contribution in [0, 0.1) is 0 Å². The topological polar surface area (TPSA) is 175 Å². The summed E-state index contributed by atoms with van der Waals surface area (Å²) in [6, 6.07) is 13.5. The van der Waals surface area contributed by atoms with Crippen LogP contribution < -0.4 is 10.6 Å². The molecule has 2 saturated heterocycles. The number of thioether (sulfide) groups is 2. The standard InChI is InChI=1S/C50H62N8O6S2/c1-31-11-15-34-16-14-33(13-12-32(2)37(27-31)42-30-52-46(54-42)44-10-8-24-58(44)48(60)40(22-26-66-6)56-50(62)64-4)28-38(34)35-17-19-36(20-18-35)41-29-51-45(53-41)43-9-7-23-57(43)47(59)39(21-25-65-5)55-49(61)63-3/h14,16-20,27-30,39-40,43-44H,1-2,7-13,15,21-26H2,3-6H3,(H,51,53)(H,52,54)(H,55,61)(H,56,62)/b37-27+/t39-,40-,43-,44-/m0/s1. The molecule has 4 amide bonds. The minimum Gasteiger partial charge on any atom is -0.453 e. The van der Waals surface area contributed by atoms with Crippen molar-refractivity contribution in [2.45, 2.75) is 88.4 Å². The smallest absolute Gasteiger partial charge is 0.407 e. The van der Waals surface area contributed by atoms with Crippen LogP contribution in [0.2, 0.25) is 0 Å². The molecule has 16 heteroatoms. The van der Waals surface area contributed by atoms with Gasteiger partial charge in [-0.1, -0.05) is 61.2 Å². The number of hydrogen-bond acceptors (Lipinski definition) is 10. The van der Waals surface area contributed by atoms with Gasteiger partial charge in [0.15, 0.2) is 0 Å². The summed E-state index contributed by atoms with van der Waals surface area (Å²) >= 11 is 3.26. The number of carbonyl (C=O) groups is 4. The van der Waals surface area contributed by atoms with Gasteiger partial charge in [-0.05, 0) is 122 Å². The number of aromatic nitrogens is 4. The molecule has 2 aromatic heterocycles. The average molecular weight is 935 g/mol. The van der Waals surface area contributed by atoms with Crippen LogP contribution in [-0.4, -0.2) is 117 Å². The number of hydrogen-bond donors (Lipinski definition) is 4. The van der Waals surface area contributed by atoms with Crippen molar-refractivity contribution in [1.29, 1.82) is 0 Å². The van der Waals surface area contributed by atoms with Gasteiger partial charge in [0.2, 0.25) is 11.8 Å². The number of rotatable bonds is 15. The number of alkyl carbamates (subject to hydrolysis) is 2. The number of amides is 4. The van der Waals surface area contributed by atoms with Gasteiger partial charge in [-0.15, -0.1) is 0 Å². The number of aromatic amines is 2. The first-order chi connectivity index (χ1) is 32.0. The SMILES string of the molecule is C=C1/C=C(/c2c[nH]c([C@@H]3CCCN3C(=O)[C@H](CCSC)NC(=O)OC)n2)C(=C)CCc2ccc(c(-c3ccc(-c4c[nH]c([C@@H]5CCCN5C(=O)[C@H](CCSC)NC(=O)OC)n4)cc3)c2)CC1. The third-order valence-electron chi connectivity index (χ3n) is 12.8. The lowest BCUT2D eigenvalue weighted by Gasteiger charge is -2.28. The predicted octanol–water partition coefficient (Wildman–Crippen LogP) is 8.82. The lowest BCUT2D eigenvalue weighted by atomic mass is 9.89. The zero-order valence-electron chi connectivity index (χ0n) is 38.5. The van der Waals surface area contributed by atoms with E-state index in [9.17, 15) is 19.2 Å². The molecule has 2 bridgehead atoms. The van der Waals surface area contributed by atoms with Gasteiger partial charge < -0.3 is 39.9 Å². The van der Waals surface area contributed by atoms with Crippen molar-refractivity contribution < 1.29 is 28.7 Å². The molecule has 2 aliphatic carbocycles. The number of nitrogens with zero attached hydrogens (tertiary/aromatic N) is 4. The number of ether oxygens (including phenoxy) is 2. The molecule has 4 N–H and O–H groups in total. The predicted molar refractivity (Wildman–Crippen MR) is 263 cm³/mol. The second kappa shape index (κ2) is 22.6. The van der Waals surface area contributed by atoms with E-state index in [2.05, 4.69) is 82.3 Å². The van der Waals surface area contributed by atoms with E-state index in [0.717, 1.165) is 114 Å². The van der Waals surface area contributed by atoms with Gasteiger partial charge in [0.05, 0.1) is 37.7 Å². The second-order valence-electron chi connectivity index (χ2n) is 17.0. The Morgan fingerprint density at radius 2 is 1.29 bits per heavy atom. The van der Waals surface area contributed by atoms with Crippen LogP contribution in [0.1, 0.15) is 91.9 Å². The number of likely N-dealkylation sites (tertiary alicyclic amines) is 2. The van der Waals surface area contributed by atoms with Crippen molar-refractivity contribution in [3.05, 3.63) is 114 Å². The molecule has 2 aliphatic heterocycles. The van der Waals surface area contributed by atoms with Gasteiger partial charge in [0.1, 0.15) is 23.7 Å². The maximum atomic E-state index is 13.8. The Bertz CT molecular complexity index is 2430. The third kappa shape index (κ3) is 11.4. The molecular formula is C50H62N8O6S2. The molecule has 14 nitrogen and oxygen atoms in total. The number of fused-ring (bicyclic) bond motifs is 8. The van der Waals surface area contributed by atoms with E-state index < -0.39 is 24.3 Å². The van der Waals surface area contributed by atoms with Crippen molar-refractivity contribution in [2.75, 3.05) is 51.3 Å². The summed E-state index contributed by atoms with van der Waals surface area (Å²) in [6.45, 7) is 10.2. The number of imidazole rings is 2. The first-order valence-corrected chi connectivity index (χ1v) is 25.5. The zero-order valence-corrected chi connectivity index (χ0v) is 40.1. The molecule has 8 rings (SSSR count). The molecule has 66 heavy (non-hydrogen) atoms. The number of carbonyl (C=O) groups excluding carboxylic acids is 4. The Balaban J connectivity index is 1.04. The normalized spacial score (nSPS) is 19.4. The summed E-state index contributed by atoms with van der Waals surface area (Å²) in [6.07, 6.45) is 15.9. The van der Waals surface area contributed by atoms with E-state index in [4.69, 9.17) is 19.4 Å². The monoisotopic (exact) mass is 934 g/mol. The van der Waals surface area contributed by atoms with E-state index >= 15 is 0 Å². The van der Waals surface area contributed by atoms with Gasteiger partial charge in [-0.3, -0.25) is 9.59 Å². The van der Waals surface area contributed by atoms with Crippen molar-refractivity contribution >= 4 is 53.1 Å². The van der Waals surface area contributed by atoms with Crippen LogP contribution in [-0.2, 0) is 31.9 Å². The van der Waals surface area contributed by atoms with Crippen LogP contribution in [0.5, 0.6) is 0 Å². The fraction of sp³-hybridized carbons (Fsp3) is 0.440. The number of benzene rings is 2. The minimum absolute atomic E-state index is 0.120. The number of aryl methyl sites for hydroxylation is 2. The lowest BCUT2D eigenvalue weighted by molar-refractivity contribution is -0.135.